The predicted molar refractivity (Wildman–Crippen MR) is 90.4 cm³/mol. The number of hydrogen-bond acceptors (Lipinski definition) is 5. The lowest BCUT2D eigenvalue weighted by Gasteiger charge is -2.37. The molecule has 1 fully saturated rings. The van der Waals surface area contributed by atoms with Crippen molar-refractivity contribution in [1.82, 2.24) is 4.72 Å². The Kier molecular flexibility index (Phi) is 5.06. The molecule has 118 valence electrons. The zero-order valence-electron chi connectivity index (χ0n) is 12.7. The number of nitrogens with two attached hydrogens (primary N) is 1. The van der Waals surface area contributed by atoms with E-state index < -0.39 is 10.0 Å². The van der Waals surface area contributed by atoms with Gasteiger partial charge in [0.1, 0.15) is 0 Å². The second-order valence-electron chi connectivity index (χ2n) is 5.38. The largest absolute Gasteiger partial charge is 0.397 e. The van der Waals surface area contributed by atoms with E-state index >= 15 is 0 Å². The van der Waals surface area contributed by atoms with E-state index in [1.165, 1.54) is 0 Å². The van der Waals surface area contributed by atoms with Crippen LogP contribution in [0, 0.1) is 0 Å². The van der Waals surface area contributed by atoms with Crippen molar-refractivity contribution in [1.29, 1.82) is 0 Å². The fraction of sp³-hybridized carbons (Fsp3) is 0.571. The molecule has 0 amide bonds. The molecule has 2 unspecified atom stereocenters. The van der Waals surface area contributed by atoms with E-state index in [-0.39, 0.29) is 4.90 Å². The van der Waals surface area contributed by atoms with Crippen molar-refractivity contribution in [3.05, 3.63) is 18.2 Å². The molecule has 21 heavy (non-hydrogen) atoms. The van der Waals surface area contributed by atoms with Gasteiger partial charge in [-0.05, 0) is 18.2 Å². The molecule has 5 nitrogen and oxygen atoms in total. The molecule has 0 spiro atoms. The van der Waals surface area contributed by atoms with Crippen LogP contribution in [0.3, 0.4) is 0 Å². The number of anilines is 2. The topological polar surface area (TPSA) is 75.4 Å². The van der Waals surface area contributed by atoms with Crippen LogP contribution in [0.2, 0.25) is 0 Å². The lowest BCUT2D eigenvalue weighted by atomic mass is 10.2. The van der Waals surface area contributed by atoms with Crippen molar-refractivity contribution in [2.75, 3.05) is 30.3 Å². The zero-order valence-corrected chi connectivity index (χ0v) is 14.3. The molecule has 2 atom stereocenters. The quantitative estimate of drug-likeness (QED) is 0.825. The smallest absolute Gasteiger partial charge is 0.240 e. The lowest BCUT2D eigenvalue weighted by molar-refractivity contribution is 0.584. The van der Waals surface area contributed by atoms with E-state index in [0.29, 0.717) is 22.7 Å². The van der Waals surface area contributed by atoms with Crippen LogP contribution < -0.4 is 15.4 Å². The molecule has 0 radical (unpaired) electrons. The van der Waals surface area contributed by atoms with Crippen LogP contribution in [0.1, 0.15) is 20.8 Å². The molecule has 2 rings (SSSR count). The molecule has 1 aromatic carbocycles. The summed E-state index contributed by atoms with van der Waals surface area (Å²) in [5.41, 5.74) is 7.50. The Balaban J connectivity index is 2.35. The first-order valence-corrected chi connectivity index (χ1v) is 9.55. The average molecular weight is 329 g/mol. The van der Waals surface area contributed by atoms with Gasteiger partial charge in [0.15, 0.2) is 0 Å². The van der Waals surface area contributed by atoms with Gasteiger partial charge in [-0.15, -0.1) is 0 Å². The van der Waals surface area contributed by atoms with Crippen LogP contribution in [0.4, 0.5) is 11.4 Å². The number of hydrogen-bond donors (Lipinski definition) is 2. The van der Waals surface area contributed by atoms with Crippen molar-refractivity contribution in [2.24, 2.45) is 0 Å². The summed E-state index contributed by atoms with van der Waals surface area (Å²) in [7, 11) is -3.45. The van der Waals surface area contributed by atoms with Gasteiger partial charge in [-0.1, -0.05) is 20.8 Å². The minimum atomic E-state index is -3.45. The Hall–Kier alpha value is -0.920. The molecule has 0 aliphatic carbocycles. The van der Waals surface area contributed by atoms with Crippen LogP contribution in [0.5, 0.6) is 0 Å². The van der Waals surface area contributed by atoms with E-state index in [1.807, 2.05) is 11.8 Å². The summed E-state index contributed by atoms with van der Waals surface area (Å²) in [6.07, 6.45) is 0. The third kappa shape index (κ3) is 3.84. The number of nitrogen functional groups attached to an aromatic ring is 1. The second-order valence-corrected chi connectivity index (χ2v) is 9.03. The normalized spacial score (nSPS) is 23.3. The third-order valence-electron chi connectivity index (χ3n) is 3.41. The Morgan fingerprint density at radius 1 is 1.33 bits per heavy atom. The second kappa shape index (κ2) is 6.46. The van der Waals surface area contributed by atoms with Gasteiger partial charge in [-0.2, -0.15) is 11.8 Å². The minimum Gasteiger partial charge on any atom is -0.397 e. The number of rotatable bonds is 4. The predicted octanol–water partition coefficient (Wildman–Crippen LogP) is 1.90. The van der Waals surface area contributed by atoms with Crippen molar-refractivity contribution < 1.29 is 8.42 Å². The number of sulfonamides is 1. The summed E-state index contributed by atoms with van der Waals surface area (Å²) < 4.78 is 26.8. The summed E-state index contributed by atoms with van der Waals surface area (Å²) in [5, 5.41) is 1.00. The maximum Gasteiger partial charge on any atom is 0.240 e. The highest BCUT2D eigenvalue weighted by atomic mass is 32.2. The maximum atomic E-state index is 12.1. The third-order valence-corrected chi connectivity index (χ3v) is 6.18. The molecule has 3 N–H and O–H groups in total. The molecule has 7 heteroatoms. The van der Waals surface area contributed by atoms with E-state index in [2.05, 4.69) is 23.5 Å². The van der Waals surface area contributed by atoms with Crippen LogP contribution in [0.25, 0.3) is 0 Å². The fourth-order valence-corrected chi connectivity index (χ4v) is 5.00. The molecule has 1 aromatic rings. The highest BCUT2D eigenvalue weighted by Gasteiger charge is 2.25. The van der Waals surface area contributed by atoms with Gasteiger partial charge in [-0.25, -0.2) is 13.1 Å². The van der Waals surface area contributed by atoms with E-state index in [9.17, 15) is 8.42 Å². The van der Waals surface area contributed by atoms with Crippen LogP contribution >= 0.6 is 11.8 Å². The van der Waals surface area contributed by atoms with Crippen LogP contribution in [-0.2, 0) is 10.0 Å². The molecule has 0 aromatic heterocycles. The first kappa shape index (κ1) is 16.5. The average Bonchev–Trinajstić information content (AvgIpc) is 2.37. The highest BCUT2D eigenvalue weighted by Crippen LogP contribution is 2.33. The molecule has 0 saturated carbocycles. The number of thioether (sulfide) groups is 1. The van der Waals surface area contributed by atoms with Crippen LogP contribution in [-0.4, -0.2) is 38.6 Å². The standard InChI is InChI=1S/C14H23N3O2S2/c1-4-16-21(18,19)12-5-6-13(15)14(7-12)17-8-10(2)20-11(3)9-17/h5-7,10-11,16H,4,8-9,15H2,1-3H3. The Labute approximate surface area is 131 Å². The van der Waals surface area contributed by atoms with Crippen molar-refractivity contribution in [3.8, 4) is 0 Å². The molecular formula is C14H23N3O2S2. The van der Waals surface area contributed by atoms with Gasteiger partial charge >= 0.3 is 0 Å². The molecule has 0 bridgehead atoms. The molecule has 1 heterocycles. The molecule has 1 aliphatic heterocycles. The van der Waals surface area contributed by atoms with Gasteiger partial charge in [0.25, 0.3) is 0 Å². The van der Waals surface area contributed by atoms with Gasteiger partial charge in [-0.3, -0.25) is 0 Å². The molecular weight excluding hydrogens is 306 g/mol. The monoisotopic (exact) mass is 329 g/mol. The van der Waals surface area contributed by atoms with Gasteiger partial charge in [0.05, 0.1) is 16.3 Å². The SMILES string of the molecule is CCNS(=O)(=O)c1ccc(N)c(N2CC(C)SC(C)C2)c1. The Morgan fingerprint density at radius 3 is 2.52 bits per heavy atom. The van der Waals surface area contributed by atoms with Gasteiger partial charge in [0, 0.05) is 30.1 Å². The number of benzene rings is 1. The number of nitrogens with zero attached hydrogens (tertiary/aromatic N) is 1. The fourth-order valence-electron chi connectivity index (χ4n) is 2.61. The van der Waals surface area contributed by atoms with E-state index in [0.717, 1.165) is 18.8 Å². The van der Waals surface area contributed by atoms with E-state index in [4.69, 9.17) is 5.73 Å². The van der Waals surface area contributed by atoms with Gasteiger partial charge in [0.2, 0.25) is 10.0 Å². The first-order chi connectivity index (χ1) is 9.83. The van der Waals surface area contributed by atoms with Crippen molar-refractivity contribution >= 4 is 33.2 Å². The summed E-state index contributed by atoms with van der Waals surface area (Å²) in [6, 6.07) is 4.92. The summed E-state index contributed by atoms with van der Waals surface area (Å²) in [6.45, 7) is 8.26. The number of nitrogens with one attached hydrogen (secondary N) is 1. The van der Waals surface area contributed by atoms with Crippen LogP contribution in [0.15, 0.2) is 23.1 Å². The molecule has 1 aliphatic rings. The lowest BCUT2D eigenvalue weighted by Crippen LogP contribution is -2.40. The summed E-state index contributed by atoms with van der Waals surface area (Å²) in [5.74, 6) is 0. The van der Waals surface area contributed by atoms with Crippen molar-refractivity contribution in [3.63, 3.8) is 0 Å². The minimum absolute atomic E-state index is 0.270. The Bertz CT molecular complexity index is 594. The molecule has 1 saturated heterocycles. The van der Waals surface area contributed by atoms with Gasteiger partial charge < -0.3 is 10.6 Å². The maximum absolute atomic E-state index is 12.1. The van der Waals surface area contributed by atoms with Crippen molar-refractivity contribution in [2.45, 2.75) is 36.2 Å². The zero-order chi connectivity index (χ0) is 15.6. The van der Waals surface area contributed by atoms with E-state index in [1.54, 1.807) is 25.1 Å². The summed E-state index contributed by atoms with van der Waals surface area (Å²) >= 11 is 1.95. The first-order valence-electron chi connectivity index (χ1n) is 7.13. The highest BCUT2D eigenvalue weighted by molar-refractivity contribution is 8.00. The Morgan fingerprint density at radius 2 is 1.95 bits per heavy atom. The summed E-state index contributed by atoms with van der Waals surface area (Å²) in [4.78, 5) is 2.46.